The predicted molar refractivity (Wildman–Crippen MR) is 123 cm³/mol. The Morgan fingerprint density at radius 3 is 2.45 bits per heavy atom. The van der Waals surface area contributed by atoms with E-state index in [1.165, 1.54) is 11.8 Å². The summed E-state index contributed by atoms with van der Waals surface area (Å²) >= 11 is 7.56. The van der Waals surface area contributed by atoms with Crippen LogP contribution >= 0.6 is 23.4 Å². The van der Waals surface area contributed by atoms with Crippen LogP contribution in [0, 0.1) is 0 Å². The van der Waals surface area contributed by atoms with Gasteiger partial charge in [0.15, 0.2) is 5.16 Å². The maximum atomic E-state index is 13.1. The highest BCUT2D eigenvalue weighted by Gasteiger charge is 2.45. The fraction of sp³-hybridized carbons (Fsp3) is 0.348. The van der Waals surface area contributed by atoms with Gasteiger partial charge in [-0.25, -0.2) is 0 Å². The van der Waals surface area contributed by atoms with E-state index in [2.05, 4.69) is 15.5 Å². The van der Waals surface area contributed by atoms with Gasteiger partial charge in [-0.1, -0.05) is 41.9 Å². The predicted octanol–water partition coefficient (Wildman–Crippen LogP) is 4.43. The molecule has 162 valence electrons. The highest BCUT2D eigenvalue weighted by atomic mass is 35.5. The summed E-state index contributed by atoms with van der Waals surface area (Å²) < 4.78 is 7.28. The molecule has 6 nitrogen and oxygen atoms in total. The van der Waals surface area contributed by atoms with E-state index in [-0.39, 0.29) is 5.91 Å². The third kappa shape index (κ3) is 4.29. The number of halogens is 1. The SMILES string of the molecule is COc1ccc(-n2c(CCNC(=O)C3(c4ccc(Cl)cc4)CCC3)nnc2SC)cc1. The summed E-state index contributed by atoms with van der Waals surface area (Å²) in [5.74, 6) is 1.68. The molecule has 31 heavy (non-hydrogen) atoms. The van der Waals surface area contributed by atoms with E-state index in [0.29, 0.717) is 18.0 Å². The van der Waals surface area contributed by atoms with Crippen LogP contribution in [0.2, 0.25) is 5.02 Å². The summed E-state index contributed by atoms with van der Waals surface area (Å²) in [6.07, 6.45) is 5.33. The molecule has 0 aliphatic heterocycles. The Balaban J connectivity index is 1.46. The van der Waals surface area contributed by atoms with Gasteiger partial charge in [0.1, 0.15) is 11.6 Å². The number of amides is 1. The molecule has 0 bridgehead atoms. The zero-order valence-electron chi connectivity index (χ0n) is 17.6. The standard InChI is InChI=1S/C23H25ClN4O2S/c1-30-19-10-8-18(9-11-19)28-20(26-27-22(28)31-2)12-15-25-21(29)23(13-3-14-23)16-4-6-17(24)7-5-16/h4-11H,3,12-15H2,1-2H3,(H,25,29). The molecule has 1 amide bonds. The van der Waals surface area contributed by atoms with Gasteiger partial charge in [0.25, 0.3) is 0 Å². The van der Waals surface area contributed by atoms with Gasteiger partial charge in [0, 0.05) is 23.7 Å². The number of nitrogens with zero attached hydrogens (tertiary/aromatic N) is 3. The first-order valence-electron chi connectivity index (χ1n) is 10.2. The second kappa shape index (κ2) is 9.32. The number of methoxy groups -OCH3 is 1. The second-order valence-electron chi connectivity index (χ2n) is 7.58. The number of carbonyl (C=O) groups is 1. The van der Waals surface area contributed by atoms with Gasteiger partial charge in [-0.3, -0.25) is 9.36 Å². The summed E-state index contributed by atoms with van der Waals surface area (Å²) in [5.41, 5.74) is 1.55. The number of hydrogen-bond acceptors (Lipinski definition) is 5. The number of hydrogen-bond donors (Lipinski definition) is 1. The molecule has 1 aliphatic carbocycles. The van der Waals surface area contributed by atoms with Crippen molar-refractivity contribution in [3.05, 3.63) is 64.9 Å². The number of rotatable bonds is 8. The van der Waals surface area contributed by atoms with Crippen LogP contribution in [0.1, 0.15) is 30.7 Å². The maximum Gasteiger partial charge on any atom is 0.230 e. The molecule has 1 aliphatic rings. The zero-order chi connectivity index (χ0) is 21.8. The first-order valence-corrected chi connectivity index (χ1v) is 11.8. The van der Waals surface area contributed by atoms with Gasteiger partial charge in [-0.15, -0.1) is 10.2 Å². The van der Waals surface area contributed by atoms with Gasteiger partial charge >= 0.3 is 0 Å². The summed E-state index contributed by atoms with van der Waals surface area (Å²) in [4.78, 5) is 13.1. The van der Waals surface area contributed by atoms with E-state index >= 15 is 0 Å². The van der Waals surface area contributed by atoms with Gasteiger partial charge in [-0.2, -0.15) is 0 Å². The van der Waals surface area contributed by atoms with Crippen molar-refractivity contribution in [2.75, 3.05) is 19.9 Å². The molecule has 2 aromatic carbocycles. The fourth-order valence-electron chi connectivity index (χ4n) is 3.99. The molecule has 0 radical (unpaired) electrons. The molecular formula is C23H25ClN4O2S. The van der Waals surface area contributed by atoms with Crippen molar-refractivity contribution in [3.8, 4) is 11.4 Å². The molecule has 4 rings (SSSR count). The van der Waals surface area contributed by atoms with Gasteiger partial charge < -0.3 is 10.1 Å². The molecule has 1 saturated carbocycles. The second-order valence-corrected chi connectivity index (χ2v) is 8.79. The quantitative estimate of drug-likeness (QED) is 0.508. The van der Waals surface area contributed by atoms with Crippen LogP contribution in [0.3, 0.4) is 0 Å². The van der Waals surface area contributed by atoms with Gasteiger partial charge in [0.05, 0.1) is 12.5 Å². The third-order valence-corrected chi connectivity index (χ3v) is 6.77. The topological polar surface area (TPSA) is 69.0 Å². The van der Waals surface area contributed by atoms with Crippen LogP contribution in [-0.2, 0) is 16.6 Å². The Hall–Kier alpha value is -2.51. The summed E-state index contributed by atoms with van der Waals surface area (Å²) in [6.45, 7) is 0.497. The van der Waals surface area contributed by atoms with Crippen molar-refractivity contribution >= 4 is 29.3 Å². The van der Waals surface area contributed by atoms with E-state index in [4.69, 9.17) is 16.3 Å². The van der Waals surface area contributed by atoms with Gasteiger partial charge in [0.2, 0.25) is 5.91 Å². The third-order valence-electron chi connectivity index (χ3n) is 5.89. The average Bonchev–Trinajstić information content (AvgIpc) is 3.17. The molecule has 0 atom stereocenters. The lowest BCUT2D eigenvalue weighted by atomic mass is 9.64. The van der Waals surface area contributed by atoms with E-state index in [0.717, 1.165) is 47.2 Å². The minimum Gasteiger partial charge on any atom is -0.497 e. The molecule has 1 heterocycles. The Morgan fingerprint density at radius 2 is 1.87 bits per heavy atom. The number of nitrogens with one attached hydrogen (secondary N) is 1. The molecule has 0 saturated heterocycles. The van der Waals surface area contributed by atoms with E-state index in [1.54, 1.807) is 7.11 Å². The summed E-state index contributed by atoms with van der Waals surface area (Å²) in [5, 5.41) is 13.3. The normalized spacial score (nSPS) is 14.7. The van der Waals surface area contributed by atoms with Crippen LogP contribution in [0.4, 0.5) is 0 Å². The Kier molecular flexibility index (Phi) is 6.53. The lowest BCUT2D eigenvalue weighted by Crippen LogP contribution is -2.49. The largest absolute Gasteiger partial charge is 0.497 e. The van der Waals surface area contributed by atoms with Crippen molar-refractivity contribution in [2.24, 2.45) is 0 Å². The molecule has 8 heteroatoms. The van der Waals surface area contributed by atoms with Crippen molar-refractivity contribution in [1.82, 2.24) is 20.1 Å². The minimum absolute atomic E-state index is 0.0710. The molecule has 1 fully saturated rings. The smallest absolute Gasteiger partial charge is 0.230 e. The first-order chi connectivity index (χ1) is 15.1. The number of benzene rings is 2. The molecule has 3 aromatic rings. The molecule has 0 spiro atoms. The maximum absolute atomic E-state index is 13.1. The Labute approximate surface area is 191 Å². The van der Waals surface area contributed by atoms with Crippen LogP contribution < -0.4 is 10.1 Å². The Morgan fingerprint density at radius 1 is 1.16 bits per heavy atom. The first kappa shape index (κ1) is 21.7. The molecule has 1 N–H and O–H groups in total. The van der Waals surface area contributed by atoms with Crippen molar-refractivity contribution in [1.29, 1.82) is 0 Å². The summed E-state index contributed by atoms with van der Waals surface area (Å²) in [7, 11) is 1.65. The Bertz CT molecular complexity index is 1050. The molecule has 0 unspecified atom stereocenters. The summed E-state index contributed by atoms with van der Waals surface area (Å²) in [6, 6.07) is 15.4. The fourth-order valence-corrected chi connectivity index (χ4v) is 4.63. The van der Waals surface area contributed by atoms with Crippen LogP contribution in [0.25, 0.3) is 5.69 Å². The minimum atomic E-state index is -0.446. The van der Waals surface area contributed by atoms with Crippen molar-refractivity contribution in [3.63, 3.8) is 0 Å². The number of thioether (sulfide) groups is 1. The van der Waals surface area contributed by atoms with Gasteiger partial charge in [-0.05, 0) is 61.1 Å². The van der Waals surface area contributed by atoms with E-state index in [9.17, 15) is 4.79 Å². The average molecular weight is 457 g/mol. The van der Waals surface area contributed by atoms with Crippen molar-refractivity contribution in [2.45, 2.75) is 36.3 Å². The number of carbonyl (C=O) groups excluding carboxylic acids is 1. The van der Waals surface area contributed by atoms with Crippen molar-refractivity contribution < 1.29 is 9.53 Å². The number of ether oxygens (including phenoxy) is 1. The highest BCUT2D eigenvalue weighted by Crippen LogP contribution is 2.44. The lowest BCUT2D eigenvalue weighted by molar-refractivity contribution is -0.129. The molecular weight excluding hydrogens is 432 g/mol. The van der Waals surface area contributed by atoms with E-state index in [1.807, 2.05) is 59.4 Å². The van der Waals surface area contributed by atoms with Crippen LogP contribution in [0.15, 0.2) is 53.7 Å². The van der Waals surface area contributed by atoms with Crippen LogP contribution in [-0.4, -0.2) is 40.6 Å². The lowest BCUT2D eigenvalue weighted by Gasteiger charge is -2.40. The van der Waals surface area contributed by atoms with E-state index < -0.39 is 5.41 Å². The van der Waals surface area contributed by atoms with Crippen LogP contribution in [0.5, 0.6) is 5.75 Å². The number of aromatic nitrogens is 3. The molecule has 1 aromatic heterocycles. The highest BCUT2D eigenvalue weighted by molar-refractivity contribution is 7.98. The zero-order valence-corrected chi connectivity index (χ0v) is 19.2. The monoisotopic (exact) mass is 456 g/mol.